The topological polar surface area (TPSA) is 55.8 Å². The van der Waals surface area contributed by atoms with Gasteiger partial charge in [-0.15, -0.1) is 0 Å². The van der Waals surface area contributed by atoms with Gasteiger partial charge in [-0.1, -0.05) is 29.3 Å². The van der Waals surface area contributed by atoms with Gasteiger partial charge in [0.1, 0.15) is 24.3 Å². The van der Waals surface area contributed by atoms with E-state index in [0.717, 1.165) is 10.6 Å². The van der Waals surface area contributed by atoms with Crippen LogP contribution in [0.1, 0.15) is 15.9 Å². The second-order valence-corrected chi connectivity index (χ2v) is 5.66. The summed E-state index contributed by atoms with van der Waals surface area (Å²) in [6, 6.07) is 9.84. The predicted octanol–water partition coefficient (Wildman–Crippen LogP) is 3.66. The fraction of sp³-hybridized carbons (Fsp3) is 0.125. The molecule has 3 rings (SSSR count). The summed E-state index contributed by atoms with van der Waals surface area (Å²) in [5.41, 5.74) is 1.57. The summed E-state index contributed by atoms with van der Waals surface area (Å²) in [5, 5.41) is 1.98. The summed E-state index contributed by atoms with van der Waals surface area (Å²) >= 11 is 11.8. The van der Waals surface area contributed by atoms with Crippen molar-refractivity contribution in [2.45, 2.75) is 6.61 Å². The second-order valence-electron chi connectivity index (χ2n) is 4.84. The Morgan fingerprint density at radius 1 is 1.17 bits per heavy atom. The zero-order valence-corrected chi connectivity index (χ0v) is 13.3. The molecule has 0 saturated carbocycles. The smallest absolute Gasteiger partial charge is 0.288 e. The van der Waals surface area contributed by atoms with Crippen molar-refractivity contribution in [1.29, 1.82) is 0 Å². The van der Waals surface area contributed by atoms with Gasteiger partial charge in [0.05, 0.1) is 10.0 Å². The molecule has 7 heteroatoms. The average molecular weight is 352 g/mol. The van der Waals surface area contributed by atoms with Crippen molar-refractivity contribution in [1.82, 2.24) is 0 Å². The van der Waals surface area contributed by atoms with E-state index >= 15 is 0 Å². The van der Waals surface area contributed by atoms with Gasteiger partial charge in [0.2, 0.25) is 0 Å². The second kappa shape index (κ2) is 6.58. The molecule has 0 N–H and O–H groups in total. The lowest BCUT2D eigenvalue weighted by Gasteiger charge is -2.28. The monoisotopic (exact) mass is 351 g/mol. The molecule has 0 radical (unpaired) electrons. The standard InChI is InChI=1S/C16H11Cl2NO4/c17-12-3-1-11(5-13(12)18)8-23-19-14-6-10(7-20)2-4-15(14)22-9-16(19)21/h1-7H,8-9H2. The van der Waals surface area contributed by atoms with Crippen LogP contribution in [-0.2, 0) is 16.2 Å². The van der Waals surface area contributed by atoms with Gasteiger partial charge in [-0.2, -0.15) is 5.06 Å². The highest BCUT2D eigenvalue weighted by atomic mass is 35.5. The first-order chi connectivity index (χ1) is 11.1. The molecule has 1 heterocycles. The van der Waals surface area contributed by atoms with E-state index in [1.807, 2.05) is 0 Å². The lowest BCUT2D eigenvalue weighted by atomic mass is 10.2. The van der Waals surface area contributed by atoms with Gasteiger partial charge >= 0.3 is 0 Å². The number of rotatable bonds is 4. The van der Waals surface area contributed by atoms with E-state index in [4.69, 9.17) is 32.8 Å². The molecule has 0 atom stereocenters. The maximum absolute atomic E-state index is 12.0. The van der Waals surface area contributed by atoms with Crippen molar-refractivity contribution in [3.63, 3.8) is 0 Å². The number of halogens is 2. The fourth-order valence-electron chi connectivity index (χ4n) is 2.13. The van der Waals surface area contributed by atoms with Gasteiger partial charge < -0.3 is 4.74 Å². The van der Waals surface area contributed by atoms with Crippen molar-refractivity contribution in [3.8, 4) is 5.75 Å². The number of hydrogen-bond acceptors (Lipinski definition) is 4. The third-order valence-electron chi connectivity index (χ3n) is 3.26. The maximum atomic E-state index is 12.0. The van der Waals surface area contributed by atoms with Gasteiger partial charge in [0, 0.05) is 5.56 Å². The number of nitrogens with zero attached hydrogens (tertiary/aromatic N) is 1. The molecule has 0 fully saturated rings. The van der Waals surface area contributed by atoms with E-state index in [2.05, 4.69) is 0 Å². The molecular weight excluding hydrogens is 341 g/mol. The number of amides is 1. The number of hydrogen-bond donors (Lipinski definition) is 0. The SMILES string of the molecule is O=Cc1ccc2c(c1)N(OCc1ccc(Cl)c(Cl)c1)C(=O)CO2. The summed E-state index contributed by atoms with van der Waals surface area (Å²) in [6.07, 6.45) is 0.691. The van der Waals surface area contributed by atoms with Crippen molar-refractivity contribution in [3.05, 3.63) is 57.6 Å². The first-order valence-electron chi connectivity index (χ1n) is 6.70. The normalized spacial score (nSPS) is 13.5. The van der Waals surface area contributed by atoms with Crippen LogP contribution < -0.4 is 9.80 Å². The highest BCUT2D eigenvalue weighted by Crippen LogP contribution is 2.33. The van der Waals surface area contributed by atoms with Gasteiger partial charge in [0.25, 0.3) is 5.91 Å². The van der Waals surface area contributed by atoms with Crippen LogP contribution >= 0.6 is 23.2 Å². The molecule has 2 aromatic rings. The van der Waals surface area contributed by atoms with Crippen LogP contribution in [0.2, 0.25) is 10.0 Å². The number of hydroxylamine groups is 1. The van der Waals surface area contributed by atoms with E-state index in [1.54, 1.807) is 30.3 Å². The average Bonchev–Trinajstić information content (AvgIpc) is 2.56. The van der Waals surface area contributed by atoms with Gasteiger partial charge in [0.15, 0.2) is 6.61 Å². The summed E-state index contributed by atoms with van der Waals surface area (Å²) in [6.45, 7) is -0.0117. The van der Waals surface area contributed by atoms with E-state index in [1.165, 1.54) is 6.07 Å². The number of fused-ring (bicyclic) bond motifs is 1. The Morgan fingerprint density at radius 2 is 2.00 bits per heavy atom. The molecule has 1 aliphatic heterocycles. The lowest BCUT2D eigenvalue weighted by molar-refractivity contribution is -0.129. The zero-order chi connectivity index (χ0) is 16.4. The minimum atomic E-state index is -0.361. The largest absolute Gasteiger partial charge is 0.481 e. The van der Waals surface area contributed by atoms with Crippen molar-refractivity contribution in [2.24, 2.45) is 0 Å². The summed E-state index contributed by atoms with van der Waals surface area (Å²) in [7, 11) is 0. The highest BCUT2D eigenvalue weighted by molar-refractivity contribution is 6.42. The Hall–Kier alpha value is -2.08. The van der Waals surface area contributed by atoms with E-state index in [9.17, 15) is 9.59 Å². The van der Waals surface area contributed by atoms with Crippen molar-refractivity contribution in [2.75, 3.05) is 11.7 Å². The Kier molecular flexibility index (Phi) is 4.52. The zero-order valence-electron chi connectivity index (χ0n) is 11.8. The molecule has 0 aromatic heterocycles. The fourth-order valence-corrected chi connectivity index (χ4v) is 2.45. The lowest BCUT2D eigenvalue weighted by Crippen LogP contribution is -2.38. The number of anilines is 1. The first kappa shape index (κ1) is 15.8. The van der Waals surface area contributed by atoms with E-state index < -0.39 is 0 Å². The number of carbonyl (C=O) groups excluding carboxylic acids is 2. The molecule has 118 valence electrons. The molecule has 23 heavy (non-hydrogen) atoms. The summed E-state index contributed by atoms with van der Waals surface area (Å²) < 4.78 is 5.33. The molecule has 0 bridgehead atoms. The number of carbonyl (C=O) groups is 2. The molecule has 1 amide bonds. The minimum Gasteiger partial charge on any atom is -0.481 e. The number of benzene rings is 2. The third-order valence-corrected chi connectivity index (χ3v) is 4.00. The van der Waals surface area contributed by atoms with Crippen LogP contribution in [0.5, 0.6) is 5.75 Å². The molecule has 0 aliphatic carbocycles. The van der Waals surface area contributed by atoms with Gasteiger partial charge in [-0.05, 0) is 35.9 Å². The van der Waals surface area contributed by atoms with Crippen LogP contribution in [0.3, 0.4) is 0 Å². The summed E-state index contributed by atoms with van der Waals surface area (Å²) in [4.78, 5) is 28.5. The first-order valence-corrected chi connectivity index (χ1v) is 7.46. The molecular formula is C16H11Cl2NO4. The quantitative estimate of drug-likeness (QED) is 0.788. The number of aldehydes is 1. The van der Waals surface area contributed by atoms with E-state index in [-0.39, 0.29) is 19.1 Å². The Labute approximate surface area is 142 Å². The molecule has 2 aromatic carbocycles. The van der Waals surface area contributed by atoms with Gasteiger partial charge in [-0.3, -0.25) is 14.4 Å². The van der Waals surface area contributed by atoms with Crippen LogP contribution in [0.4, 0.5) is 5.69 Å². The molecule has 5 nitrogen and oxygen atoms in total. The Bertz CT molecular complexity index is 779. The molecule has 1 aliphatic rings. The Morgan fingerprint density at radius 3 is 2.74 bits per heavy atom. The highest BCUT2D eigenvalue weighted by Gasteiger charge is 2.27. The third kappa shape index (κ3) is 3.32. The van der Waals surface area contributed by atoms with Crippen LogP contribution in [0, 0.1) is 0 Å². The van der Waals surface area contributed by atoms with E-state index in [0.29, 0.717) is 33.3 Å². The van der Waals surface area contributed by atoms with Crippen LogP contribution in [0.15, 0.2) is 36.4 Å². The van der Waals surface area contributed by atoms with Crippen LogP contribution in [0.25, 0.3) is 0 Å². The molecule has 0 saturated heterocycles. The Balaban J connectivity index is 1.83. The predicted molar refractivity (Wildman–Crippen MR) is 86.1 cm³/mol. The maximum Gasteiger partial charge on any atom is 0.288 e. The summed E-state index contributed by atoms with van der Waals surface area (Å²) in [5.74, 6) is 0.116. The molecule has 0 spiro atoms. The van der Waals surface area contributed by atoms with Gasteiger partial charge in [-0.25, -0.2) is 0 Å². The molecule has 0 unspecified atom stereocenters. The van der Waals surface area contributed by atoms with Crippen LogP contribution in [-0.4, -0.2) is 18.8 Å². The van der Waals surface area contributed by atoms with Crippen molar-refractivity contribution >= 4 is 41.1 Å². The number of ether oxygens (including phenoxy) is 1. The minimum absolute atomic E-state index is 0.118. The van der Waals surface area contributed by atoms with Crippen molar-refractivity contribution < 1.29 is 19.2 Å².